The Morgan fingerprint density at radius 2 is 0.452 bits per heavy atom. The molecule has 0 bridgehead atoms. The van der Waals surface area contributed by atoms with E-state index in [1.54, 1.807) is 0 Å². The van der Waals surface area contributed by atoms with Crippen molar-refractivity contribution in [2.75, 3.05) is 76.7 Å². The van der Waals surface area contributed by atoms with Crippen molar-refractivity contribution in [3.63, 3.8) is 0 Å². The summed E-state index contributed by atoms with van der Waals surface area (Å²) in [5.74, 6) is 2.90. The largest absolute Gasteiger partial charge is 0.500 e. The lowest BCUT2D eigenvalue weighted by molar-refractivity contribution is 0.0555. The molecule has 0 fully saturated rings. The maximum Gasteiger partial charge on any atom is 0.500 e. The molecule has 0 aliphatic carbocycles. The van der Waals surface area contributed by atoms with Gasteiger partial charge < -0.3 is 39.8 Å². The van der Waals surface area contributed by atoms with E-state index in [0.717, 1.165) is 170 Å². The Morgan fingerprint density at radius 1 is 0.290 bits per heavy atom. The van der Waals surface area contributed by atoms with Crippen LogP contribution in [0.5, 0.6) is 0 Å². The van der Waals surface area contributed by atoms with Gasteiger partial charge in [-0.15, -0.1) is 34.1 Å². The fourth-order valence-corrected chi connectivity index (χ4v) is 28.2. The molecule has 17 heteroatoms. The van der Waals surface area contributed by atoms with Crippen molar-refractivity contribution in [1.29, 1.82) is 0 Å². The third-order valence-corrected chi connectivity index (χ3v) is 34.1. The molecule has 0 aromatic carbocycles. The first-order valence-electron chi connectivity index (χ1n) is 25.5. The van der Waals surface area contributed by atoms with E-state index in [9.17, 15) is 0 Å². The Labute approximate surface area is 405 Å². The van der Waals surface area contributed by atoms with Crippen LogP contribution in [-0.4, -0.2) is 103 Å². The fraction of sp³-hybridized carbons (Fsp3) is 1.00. The molecule has 0 N–H and O–H groups in total. The lowest BCUT2D eigenvalue weighted by Gasteiger charge is -2.31. The third-order valence-electron chi connectivity index (χ3n) is 10.0. The lowest BCUT2D eigenvalue weighted by atomic mass is 10.4. The molecule has 0 atom stereocenters. The second-order valence-electron chi connectivity index (χ2n) is 16.1. The molecule has 0 saturated carbocycles. The Bertz CT molecular complexity index is 820. The van der Waals surface area contributed by atoms with Crippen LogP contribution in [0.3, 0.4) is 0 Å². The molecule has 374 valence electrons. The van der Waals surface area contributed by atoms with Crippen LogP contribution in [0.4, 0.5) is 0 Å². The van der Waals surface area contributed by atoms with Crippen molar-refractivity contribution in [2.45, 2.75) is 215 Å². The molecule has 0 radical (unpaired) electrons. The first-order chi connectivity index (χ1) is 30.2. The van der Waals surface area contributed by atoms with Crippen LogP contribution < -0.4 is 0 Å². The highest BCUT2D eigenvalue weighted by Gasteiger charge is 2.43. The van der Waals surface area contributed by atoms with Gasteiger partial charge in [0.25, 0.3) is 0 Å². The zero-order valence-electron chi connectivity index (χ0n) is 41.7. The maximum atomic E-state index is 6.75. The van der Waals surface area contributed by atoms with Crippen LogP contribution in [0.1, 0.15) is 197 Å². The SMILES string of the molecule is CCCCO[Si](CCCSP(=S)(SCCC[Si](OCCCC)(OCCCC)OCCCC)SCCC[Si](OCCCC)(OCCCC)OCCCC)(OCCCC)OCCCC. The summed E-state index contributed by atoms with van der Waals surface area (Å²) in [7, 11) is -8.45. The lowest BCUT2D eigenvalue weighted by Crippen LogP contribution is -2.46. The summed E-state index contributed by atoms with van der Waals surface area (Å²) in [6.07, 6.45) is 21.9. The normalized spacial score (nSPS) is 12.9. The molecule has 0 unspecified atom stereocenters. The quantitative estimate of drug-likeness (QED) is 0.0330. The van der Waals surface area contributed by atoms with Gasteiger partial charge in [-0.05, 0) is 94.3 Å². The molecule has 0 heterocycles. The molecule has 0 aliphatic heterocycles. The second-order valence-corrected chi connectivity index (χ2v) is 40.3. The molecular formula is C45H99O9PS4Si3. The second kappa shape index (κ2) is 44.2. The van der Waals surface area contributed by atoms with Gasteiger partial charge in [0.2, 0.25) is 0 Å². The summed E-state index contributed by atoms with van der Waals surface area (Å²) < 4.78 is 57.7. The fourth-order valence-electron chi connectivity index (χ4n) is 5.88. The van der Waals surface area contributed by atoms with Gasteiger partial charge in [-0.3, -0.25) is 0 Å². The van der Waals surface area contributed by atoms with E-state index >= 15 is 0 Å². The van der Waals surface area contributed by atoms with Crippen LogP contribution in [0.2, 0.25) is 18.1 Å². The predicted octanol–water partition coefficient (Wildman–Crippen LogP) is 15.7. The zero-order chi connectivity index (χ0) is 45.9. The average Bonchev–Trinajstić information content (AvgIpc) is 3.26. The highest BCUT2D eigenvalue weighted by atomic mass is 33.5. The van der Waals surface area contributed by atoms with Gasteiger partial charge in [-0.1, -0.05) is 132 Å². The minimum atomic E-state index is -2.82. The Morgan fingerprint density at radius 3 is 0.597 bits per heavy atom. The highest BCUT2D eigenvalue weighted by molar-refractivity contribution is 9.23. The van der Waals surface area contributed by atoms with E-state index in [-0.39, 0.29) is 0 Å². The summed E-state index contributed by atoms with van der Waals surface area (Å²) in [5.41, 5.74) is 0. The van der Waals surface area contributed by atoms with Gasteiger partial charge in [0, 0.05) is 77.6 Å². The van der Waals surface area contributed by atoms with Gasteiger partial charge in [-0.25, -0.2) is 0 Å². The Balaban J connectivity index is 6.27. The van der Waals surface area contributed by atoms with E-state index in [4.69, 9.17) is 51.6 Å². The smallest absolute Gasteiger partial charge is 0.373 e. The minimum absolute atomic E-state index is 0.701. The Kier molecular flexibility index (Phi) is 45.6. The molecule has 62 heavy (non-hydrogen) atoms. The summed E-state index contributed by atoms with van der Waals surface area (Å²) >= 11 is 12.8. The first kappa shape index (κ1) is 64.0. The summed E-state index contributed by atoms with van der Waals surface area (Å²) in [4.78, 5) is 0. The molecule has 0 rings (SSSR count). The summed E-state index contributed by atoms with van der Waals surface area (Å²) in [6, 6.07) is 2.51. The number of hydrogen-bond acceptors (Lipinski definition) is 13. The van der Waals surface area contributed by atoms with Crippen molar-refractivity contribution < 1.29 is 39.8 Å². The van der Waals surface area contributed by atoms with Gasteiger partial charge in [-0.2, -0.15) is 0 Å². The predicted molar refractivity (Wildman–Crippen MR) is 285 cm³/mol. The molecule has 0 aromatic rings. The van der Waals surface area contributed by atoms with E-state index in [0.29, 0.717) is 59.5 Å². The number of hydrogen-bond donors (Lipinski definition) is 0. The molecule has 0 amide bonds. The standard InChI is InChI=1S/C45H99O9PS4Si3/c1-10-19-31-46-60(47-32-20-11-2,48-33-21-12-3)43-28-40-57-55(56,58-41-29-44-61(49-34-22-13-4,50-35-23-14-5)51-36-24-15-6)59-42-30-45-62(52-37-25-16-7,53-38-26-17-8)54-39-27-18-9/h10-45H2,1-9H3. The number of rotatable bonds is 51. The Hall–Kier alpha value is 1.99. The van der Waals surface area contributed by atoms with Crippen LogP contribution in [0.15, 0.2) is 0 Å². The van der Waals surface area contributed by atoms with Crippen molar-refractivity contribution in [1.82, 2.24) is 0 Å². The van der Waals surface area contributed by atoms with E-state index in [2.05, 4.69) is 62.3 Å². The van der Waals surface area contributed by atoms with Crippen LogP contribution in [0.25, 0.3) is 0 Å². The molecule has 0 saturated heterocycles. The molecule has 0 aliphatic rings. The van der Waals surface area contributed by atoms with Gasteiger partial charge in [0.05, 0.1) is 0 Å². The van der Waals surface area contributed by atoms with Crippen LogP contribution in [-0.2, 0) is 51.6 Å². The minimum Gasteiger partial charge on any atom is -0.373 e. The highest BCUT2D eigenvalue weighted by Crippen LogP contribution is 2.78. The van der Waals surface area contributed by atoms with Crippen molar-refractivity contribution in [3.8, 4) is 0 Å². The topological polar surface area (TPSA) is 83.1 Å². The molecule has 0 aromatic heterocycles. The third kappa shape index (κ3) is 33.5. The van der Waals surface area contributed by atoms with Gasteiger partial charge >= 0.3 is 26.4 Å². The summed E-state index contributed by atoms with van der Waals surface area (Å²) in [5, 5.41) is 0. The van der Waals surface area contributed by atoms with Crippen LogP contribution >= 0.6 is 37.8 Å². The van der Waals surface area contributed by atoms with Gasteiger partial charge in [0.1, 0.15) is 3.64 Å². The van der Waals surface area contributed by atoms with E-state index in [1.807, 2.05) is 34.1 Å². The summed E-state index contributed by atoms with van der Waals surface area (Å²) in [6.45, 7) is 26.2. The number of unbranched alkanes of at least 4 members (excludes halogenated alkanes) is 9. The van der Waals surface area contributed by atoms with E-state index in [1.165, 1.54) is 0 Å². The van der Waals surface area contributed by atoms with Crippen molar-refractivity contribution >= 4 is 76.0 Å². The van der Waals surface area contributed by atoms with Gasteiger partial charge in [0.15, 0.2) is 0 Å². The average molecular weight is 1030 g/mol. The van der Waals surface area contributed by atoms with Crippen molar-refractivity contribution in [2.24, 2.45) is 0 Å². The zero-order valence-corrected chi connectivity index (χ0v) is 48.9. The van der Waals surface area contributed by atoms with Crippen LogP contribution in [0, 0.1) is 0 Å². The molecule has 9 nitrogen and oxygen atoms in total. The van der Waals surface area contributed by atoms with Crippen molar-refractivity contribution in [3.05, 3.63) is 0 Å². The first-order valence-corrected chi connectivity index (χ1v) is 38.8. The molecule has 0 spiro atoms. The maximum absolute atomic E-state index is 6.75. The molecular weight excluding hydrogens is 928 g/mol. The monoisotopic (exact) mass is 1030 g/mol. The van der Waals surface area contributed by atoms with E-state index < -0.39 is 30.1 Å².